The average molecular weight is 566 g/mol. The fourth-order valence-electron chi connectivity index (χ4n) is 3.83. The summed E-state index contributed by atoms with van der Waals surface area (Å²) in [6.45, 7) is 11.5. The Kier molecular flexibility index (Phi) is 8.57. The first-order valence-corrected chi connectivity index (χ1v) is 12.3. The maximum atomic E-state index is 13.4. The number of carbonyl (C=O) groups excluding carboxylic acids is 2. The van der Waals surface area contributed by atoms with Gasteiger partial charge in [-0.15, -0.1) is 0 Å². The Morgan fingerprint density at radius 3 is 2.82 bits per heavy atom. The van der Waals surface area contributed by atoms with Crippen molar-refractivity contribution in [3.05, 3.63) is 41.4 Å². The van der Waals surface area contributed by atoms with Crippen LogP contribution in [0.3, 0.4) is 0 Å². The van der Waals surface area contributed by atoms with Gasteiger partial charge in [-0.25, -0.2) is 15.0 Å². The summed E-state index contributed by atoms with van der Waals surface area (Å²) in [5.41, 5.74) is 2.75. The highest BCUT2D eigenvalue weighted by Gasteiger charge is 2.41. The van der Waals surface area contributed by atoms with Gasteiger partial charge >= 0.3 is 0 Å². The first kappa shape index (κ1) is 25.3. The van der Waals surface area contributed by atoms with E-state index in [-0.39, 0.29) is 27.7 Å². The highest BCUT2D eigenvalue weighted by atomic mass is 127. The van der Waals surface area contributed by atoms with E-state index < -0.39 is 0 Å². The van der Waals surface area contributed by atoms with Gasteiger partial charge in [-0.05, 0) is 38.3 Å². The predicted octanol–water partition coefficient (Wildman–Crippen LogP) is 2.86. The van der Waals surface area contributed by atoms with E-state index in [0.717, 1.165) is 16.8 Å². The molecule has 2 fully saturated rings. The summed E-state index contributed by atoms with van der Waals surface area (Å²) in [5, 5.41) is 4.11. The van der Waals surface area contributed by atoms with Crippen molar-refractivity contribution in [1.82, 2.24) is 20.3 Å². The first-order chi connectivity index (χ1) is 15.8. The molecule has 1 N–H and O–H groups in total. The topological polar surface area (TPSA) is 100 Å². The number of alkyl halides is 1. The number of rotatable bonds is 6. The first-order valence-electron chi connectivity index (χ1n) is 11.0. The molecular formula is C23H31IN6O3. The highest BCUT2D eigenvalue weighted by Crippen LogP contribution is 2.31. The molecule has 2 saturated heterocycles. The van der Waals surface area contributed by atoms with E-state index in [9.17, 15) is 9.59 Å². The van der Waals surface area contributed by atoms with E-state index in [1.54, 1.807) is 19.5 Å². The van der Waals surface area contributed by atoms with Crippen molar-refractivity contribution in [3.8, 4) is 0 Å². The Labute approximate surface area is 208 Å². The number of allylic oxidation sites excluding steroid dienone is 2. The molecule has 0 bridgehead atoms. The summed E-state index contributed by atoms with van der Waals surface area (Å²) in [6.07, 6.45) is 6.65. The Balaban J connectivity index is 1.68. The van der Waals surface area contributed by atoms with Crippen molar-refractivity contribution in [3.63, 3.8) is 0 Å². The molecule has 0 radical (unpaired) electrons. The molecule has 0 aliphatic carbocycles. The number of hydrogen-bond acceptors (Lipinski definition) is 7. The molecule has 3 rings (SSSR count). The van der Waals surface area contributed by atoms with E-state index in [2.05, 4.69) is 49.4 Å². The van der Waals surface area contributed by atoms with Crippen molar-refractivity contribution in [2.75, 3.05) is 31.6 Å². The summed E-state index contributed by atoms with van der Waals surface area (Å²) in [5.74, 6) is 0.0573. The second-order valence-corrected chi connectivity index (χ2v) is 9.80. The molecule has 0 unspecified atom stereocenters. The number of piperidine rings is 1. The largest absolute Gasteiger partial charge is 0.354 e. The molecule has 3 heterocycles. The van der Waals surface area contributed by atoms with Crippen molar-refractivity contribution >= 4 is 46.6 Å². The number of carbonyl (C=O) groups is 2. The zero-order chi connectivity index (χ0) is 24.1. The lowest BCUT2D eigenvalue weighted by molar-refractivity contribution is -0.178. The maximum Gasteiger partial charge on any atom is 0.270 e. The molecule has 9 nitrogen and oxygen atoms in total. The monoisotopic (exact) mass is 566 g/mol. The van der Waals surface area contributed by atoms with Gasteiger partial charge in [-0.2, -0.15) is 0 Å². The van der Waals surface area contributed by atoms with Gasteiger partial charge in [-0.3, -0.25) is 19.4 Å². The van der Waals surface area contributed by atoms with Gasteiger partial charge in [0.1, 0.15) is 5.69 Å². The summed E-state index contributed by atoms with van der Waals surface area (Å²) in [4.78, 5) is 46.5. The lowest BCUT2D eigenvalue weighted by atomic mass is 9.94. The van der Waals surface area contributed by atoms with Crippen LogP contribution in [-0.4, -0.2) is 69.8 Å². The third-order valence-electron chi connectivity index (χ3n) is 5.94. The molecule has 2 amide bonds. The number of aryl methyl sites for hydroxylation is 1. The van der Waals surface area contributed by atoms with Crippen LogP contribution in [0.1, 0.15) is 42.7 Å². The summed E-state index contributed by atoms with van der Waals surface area (Å²) >= 11 is 2.32. The molecule has 3 atom stereocenters. The van der Waals surface area contributed by atoms with Crippen LogP contribution in [-0.2, 0) is 9.63 Å². The van der Waals surface area contributed by atoms with E-state index in [1.807, 2.05) is 31.7 Å². The molecule has 10 heteroatoms. The quantitative estimate of drug-likeness (QED) is 0.323. The van der Waals surface area contributed by atoms with Crippen molar-refractivity contribution in [2.24, 2.45) is 10.9 Å². The molecule has 33 heavy (non-hydrogen) atoms. The molecular weight excluding hydrogens is 535 g/mol. The summed E-state index contributed by atoms with van der Waals surface area (Å²) in [7, 11) is 1.58. The van der Waals surface area contributed by atoms with E-state index in [1.165, 1.54) is 5.06 Å². The summed E-state index contributed by atoms with van der Waals surface area (Å²) in [6, 6.07) is -0.205. The number of halogens is 1. The van der Waals surface area contributed by atoms with Crippen LogP contribution >= 0.6 is 22.6 Å². The van der Waals surface area contributed by atoms with Gasteiger partial charge in [0.2, 0.25) is 5.95 Å². The van der Waals surface area contributed by atoms with E-state index >= 15 is 0 Å². The molecule has 0 spiro atoms. The Morgan fingerprint density at radius 1 is 1.39 bits per heavy atom. The molecule has 0 aromatic carbocycles. The second-order valence-electron chi connectivity index (χ2n) is 8.20. The van der Waals surface area contributed by atoms with Gasteiger partial charge in [0.05, 0.1) is 18.6 Å². The minimum Gasteiger partial charge on any atom is -0.354 e. The fourth-order valence-corrected chi connectivity index (χ4v) is 4.97. The van der Waals surface area contributed by atoms with E-state index in [0.29, 0.717) is 44.2 Å². The Bertz CT molecular complexity index is 979. The van der Waals surface area contributed by atoms with Gasteiger partial charge in [0.15, 0.2) is 0 Å². The molecule has 0 saturated carbocycles. The summed E-state index contributed by atoms with van der Waals surface area (Å²) < 4.78 is 0.0363. The van der Waals surface area contributed by atoms with Crippen LogP contribution in [0.25, 0.3) is 0 Å². The molecule has 2 aliphatic heterocycles. The van der Waals surface area contributed by atoms with Crippen LogP contribution in [0, 0.1) is 12.8 Å². The second kappa shape index (κ2) is 11.2. The van der Waals surface area contributed by atoms with E-state index in [4.69, 9.17) is 4.84 Å². The Morgan fingerprint density at radius 2 is 2.15 bits per heavy atom. The number of amides is 2. The number of hydrogen-bond donors (Lipinski definition) is 1. The van der Waals surface area contributed by atoms with Crippen LogP contribution in [0.4, 0.5) is 5.95 Å². The molecule has 178 valence electrons. The van der Waals surface area contributed by atoms with Gasteiger partial charge < -0.3 is 10.2 Å². The number of aliphatic imine (C=N–C) groups is 1. The zero-order valence-corrected chi connectivity index (χ0v) is 21.7. The van der Waals surface area contributed by atoms with Gasteiger partial charge in [0, 0.05) is 48.6 Å². The predicted molar refractivity (Wildman–Crippen MR) is 137 cm³/mol. The minimum absolute atomic E-state index is 0.0234. The Hall–Kier alpha value is -2.34. The third-order valence-corrected chi connectivity index (χ3v) is 7.21. The molecule has 1 aromatic heterocycles. The third kappa shape index (κ3) is 5.78. The van der Waals surface area contributed by atoms with Crippen molar-refractivity contribution in [2.45, 2.75) is 43.6 Å². The van der Waals surface area contributed by atoms with Crippen molar-refractivity contribution in [1.29, 1.82) is 0 Å². The number of anilines is 1. The smallest absolute Gasteiger partial charge is 0.270 e. The number of nitrogens with zero attached hydrogens (tertiary/aromatic N) is 5. The minimum atomic E-state index is -0.238. The van der Waals surface area contributed by atoms with Gasteiger partial charge in [0.25, 0.3) is 11.8 Å². The standard InChI is InChI=1S/C23H31IN6O3/c1-6-16(4)26-11-14(2)19-8-10-33-30(19)22(32)17-7-9-29(13-18(17)24)23-27-12-15(3)20(28-23)21(31)25-5/h6,11-12,17-19H,2,7-10,13H2,1,3-5H3,(H,25,31)/b16-6-,26-11?/t17-,18-,19-/m0/s1. The lowest BCUT2D eigenvalue weighted by Gasteiger charge is -2.37. The number of hydroxylamine groups is 2. The fraction of sp³-hybridized carbons (Fsp3) is 0.522. The number of nitrogens with one attached hydrogen (secondary N) is 1. The van der Waals surface area contributed by atoms with Gasteiger partial charge in [-0.1, -0.05) is 35.2 Å². The highest BCUT2D eigenvalue weighted by molar-refractivity contribution is 14.1. The van der Waals surface area contributed by atoms with Crippen LogP contribution < -0.4 is 10.2 Å². The zero-order valence-electron chi connectivity index (χ0n) is 19.5. The van der Waals surface area contributed by atoms with Crippen LogP contribution in [0.15, 0.2) is 35.1 Å². The normalized spacial score (nSPS) is 23.8. The maximum absolute atomic E-state index is 13.4. The average Bonchev–Trinajstić information content (AvgIpc) is 3.31. The van der Waals surface area contributed by atoms with Crippen LogP contribution in [0.2, 0.25) is 0 Å². The number of aromatic nitrogens is 2. The lowest BCUT2D eigenvalue weighted by Crippen LogP contribution is -2.50. The van der Waals surface area contributed by atoms with Crippen molar-refractivity contribution < 1.29 is 14.4 Å². The van der Waals surface area contributed by atoms with Crippen LogP contribution in [0.5, 0.6) is 0 Å². The molecule has 2 aliphatic rings. The SMILES string of the molecule is C=C(C=N/C(C)=C\C)[C@@H]1CCON1C(=O)[C@H]1CCN(c2ncc(C)c(C(=O)NC)n2)C[C@@H]1I. The molecule has 1 aromatic rings.